The van der Waals surface area contributed by atoms with Gasteiger partial charge < -0.3 is 4.90 Å². The van der Waals surface area contributed by atoms with Crippen molar-refractivity contribution in [2.75, 3.05) is 0 Å². The van der Waals surface area contributed by atoms with Gasteiger partial charge in [-0.05, 0) is 60.9 Å². The van der Waals surface area contributed by atoms with Crippen LogP contribution < -0.4 is 0 Å². The number of fused-ring (bicyclic) bond motifs is 2. The third kappa shape index (κ3) is 1.98. The molecule has 0 saturated carbocycles. The molecule has 0 amide bonds. The van der Waals surface area contributed by atoms with Gasteiger partial charge in [-0.3, -0.25) is 0 Å². The molecule has 2 aliphatic rings. The first kappa shape index (κ1) is 13.8. The van der Waals surface area contributed by atoms with Gasteiger partial charge in [0.05, 0.1) is 6.04 Å². The quantitative estimate of drug-likeness (QED) is 0.716. The Morgan fingerprint density at radius 2 is 2.05 bits per heavy atom. The molecular weight excluding hydrogens is 286 g/mol. The zero-order valence-corrected chi connectivity index (χ0v) is 13.8. The van der Waals surface area contributed by atoms with Crippen molar-refractivity contribution in [3.8, 4) is 0 Å². The van der Waals surface area contributed by atoms with E-state index in [1.165, 1.54) is 41.0 Å². The van der Waals surface area contributed by atoms with Crippen LogP contribution in [0.15, 0.2) is 54.6 Å². The van der Waals surface area contributed by atoms with Gasteiger partial charge in [0.2, 0.25) is 0 Å². The summed E-state index contributed by atoms with van der Waals surface area (Å²) in [4.78, 5) is 3.93. The zero-order valence-electron chi connectivity index (χ0n) is 13.0. The van der Waals surface area contributed by atoms with Crippen molar-refractivity contribution in [2.24, 2.45) is 5.92 Å². The van der Waals surface area contributed by atoms with Gasteiger partial charge in [0, 0.05) is 16.1 Å². The number of allylic oxidation sites excluding steroid dienone is 1. The Morgan fingerprint density at radius 1 is 1.23 bits per heavy atom. The number of nitrogens with zero attached hydrogens (tertiary/aromatic N) is 1. The number of hydrogen-bond acceptors (Lipinski definition) is 2. The number of thiophene rings is 1. The molecule has 1 aliphatic heterocycles. The number of rotatable bonds is 2. The van der Waals surface area contributed by atoms with Crippen LogP contribution in [0, 0.1) is 5.92 Å². The molecule has 0 spiro atoms. The Morgan fingerprint density at radius 3 is 2.82 bits per heavy atom. The molecule has 22 heavy (non-hydrogen) atoms. The number of benzene rings is 1. The van der Waals surface area contributed by atoms with E-state index in [4.69, 9.17) is 0 Å². The molecule has 1 aromatic carbocycles. The van der Waals surface area contributed by atoms with E-state index in [1.807, 2.05) is 17.5 Å². The monoisotopic (exact) mass is 307 g/mol. The molecule has 1 aromatic heterocycles. The highest BCUT2D eigenvalue weighted by molar-refractivity contribution is 7.10. The largest absolute Gasteiger partial charge is 0.340 e. The van der Waals surface area contributed by atoms with Crippen molar-refractivity contribution in [3.05, 3.63) is 76.1 Å². The van der Waals surface area contributed by atoms with Crippen molar-refractivity contribution in [2.45, 2.75) is 32.2 Å². The highest BCUT2D eigenvalue weighted by Gasteiger charge is 2.39. The SMILES string of the molecule is C=CN1/C(=C\C)c2ccsc2C1C1CCc2ccccc2C1. The zero-order chi connectivity index (χ0) is 15.1. The van der Waals surface area contributed by atoms with Crippen molar-refractivity contribution in [3.63, 3.8) is 0 Å². The first-order chi connectivity index (χ1) is 10.8. The van der Waals surface area contributed by atoms with Gasteiger partial charge in [-0.15, -0.1) is 11.3 Å². The van der Waals surface area contributed by atoms with Crippen molar-refractivity contribution < 1.29 is 0 Å². The summed E-state index contributed by atoms with van der Waals surface area (Å²) in [5.41, 5.74) is 5.82. The summed E-state index contributed by atoms with van der Waals surface area (Å²) in [6.45, 7) is 6.21. The maximum atomic E-state index is 4.08. The maximum absolute atomic E-state index is 4.08. The molecule has 2 heteroatoms. The topological polar surface area (TPSA) is 3.24 Å². The summed E-state index contributed by atoms with van der Waals surface area (Å²) in [6.07, 6.45) is 7.89. The summed E-state index contributed by atoms with van der Waals surface area (Å²) in [5, 5.41) is 2.23. The van der Waals surface area contributed by atoms with Gasteiger partial charge >= 0.3 is 0 Å². The van der Waals surface area contributed by atoms with Crippen LogP contribution in [0.2, 0.25) is 0 Å². The van der Waals surface area contributed by atoms with Crippen LogP contribution >= 0.6 is 11.3 Å². The average Bonchev–Trinajstić information content (AvgIpc) is 3.13. The van der Waals surface area contributed by atoms with Crippen LogP contribution in [-0.4, -0.2) is 4.90 Å². The van der Waals surface area contributed by atoms with E-state index in [9.17, 15) is 0 Å². The smallest absolute Gasteiger partial charge is 0.0716 e. The molecule has 0 fully saturated rings. The third-order valence-electron chi connectivity index (χ3n) is 5.12. The van der Waals surface area contributed by atoms with Crippen molar-refractivity contribution in [1.29, 1.82) is 0 Å². The minimum absolute atomic E-state index is 0.465. The summed E-state index contributed by atoms with van der Waals surface area (Å²) in [6, 6.07) is 11.7. The Balaban J connectivity index is 1.72. The highest BCUT2D eigenvalue weighted by Crippen LogP contribution is 2.50. The van der Waals surface area contributed by atoms with Gasteiger partial charge in [0.25, 0.3) is 0 Å². The van der Waals surface area contributed by atoms with E-state index in [0.717, 1.165) is 0 Å². The standard InChI is InChI=1S/C20H21NS/c1-3-18-17-11-12-22-20(17)19(21(18)4-2)16-10-9-14-7-5-6-8-15(14)13-16/h3-8,11-12,16,19H,2,9-10,13H2,1H3/b18-3-. The molecule has 2 heterocycles. The van der Waals surface area contributed by atoms with E-state index < -0.39 is 0 Å². The van der Waals surface area contributed by atoms with E-state index in [2.05, 4.69) is 60.2 Å². The second kappa shape index (κ2) is 5.44. The lowest BCUT2D eigenvalue weighted by molar-refractivity contribution is 0.266. The summed E-state index contributed by atoms with van der Waals surface area (Å²) in [7, 11) is 0. The van der Waals surface area contributed by atoms with Gasteiger partial charge in [-0.2, -0.15) is 0 Å². The Hall–Kier alpha value is -1.80. The van der Waals surface area contributed by atoms with Crippen LogP contribution in [0.5, 0.6) is 0 Å². The molecule has 4 rings (SSSR count). The van der Waals surface area contributed by atoms with Crippen LogP contribution in [0.3, 0.4) is 0 Å². The lowest BCUT2D eigenvalue weighted by Gasteiger charge is -2.34. The average molecular weight is 307 g/mol. The summed E-state index contributed by atoms with van der Waals surface area (Å²) < 4.78 is 0. The molecule has 1 aliphatic carbocycles. The summed E-state index contributed by atoms with van der Waals surface area (Å²) >= 11 is 1.90. The number of hydrogen-bond donors (Lipinski definition) is 0. The minimum atomic E-state index is 0.465. The lowest BCUT2D eigenvalue weighted by Crippen LogP contribution is -2.27. The Labute approximate surface area is 136 Å². The van der Waals surface area contributed by atoms with E-state index in [-0.39, 0.29) is 0 Å². The normalized spacial score (nSPS) is 25.1. The highest BCUT2D eigenvalue weighted by atomic mass is 32.1. The van der Waals surface area contributed by atoms with E-state index >= 15 is 0 Å². The Bertz CT molecular complexity index is 740. The Kier molecular flexibility index (Phi) is 3.42. The fraction of sp³-hybridized carbons (Fsp3) is 0.300. The molecular formula is C20H21NS. The fourth-order valence-corrected chi connectivity index (χ4v) is 5.23. The van der Waals surface area contributed by atoms with Gasteiger partial charge in [0.1, 0.15) is 0 Å². The van der Waals surface area contributed by atoms with Crippen molar-refractivity contribution in [1.82, 2.24) is 4.90 Å². The van der Waals surface area contributed by atoms with Crippen molar-refractivity contribution >= 4 is 17.0 Å². The molecule has 2 unspecified atom stereocenters. The molecule has 0 N–H and O–H groups in total. The van der Waals surface area contributed by atoms with Crippen LogP contribution in [0.1, 0.15) is 41.0 Å². The van der Waals surface area contributed by atoms with Gasteiger partial charge in [-0.25, -0.2) is 0 Å². The van der Waals surface area contributed by atoms with Gasteiger partial charge in [-0.1, -0.05) is 36.9 Å². The second-order valence-electron chi connectivity index (χ2n) is 6.18. The molecule has 2 atom stereocenters. The molecule has 2 aromatic rings. The molecule has 1 nitrogen and oxygen atoms in total. The van der Waals surface area contributed by atoms with Crippen LogP contribution in [0.25, 0.3) is 5.70 Å². The summed E-state index contributed by atoms with van der Waals surface area (Å²) in [5.74, 6) is 0.669. The maximum Gasteiger partial charge on any atom is 0.0716 e. The van der Waals surface area contributed by atoms with Gasteiger partial charge in [0.15, 0.2) is 0 Å². The minimum Gasteiger partial charge on any atom is -0.340 e. The van der Waals surface area contributed by atoms with E-state index in [0.29, 0.717) is 12.0 Å². The predicted molar refractivity (Wildman–Crippen MR) is 94.7 cm³/mol. The first-order valence-corrected chi connectivity index (χ1v) is 8.93. The third-order valence-corrected chi connectivity index (χ3v) is 6.11. The fourth-order valence-electron chi connectivity index (χ4n) is 4.13. The predicted octanol–water partition coefficient (Wildman–Crippen LogP) is 5.41. The lowest BCUT2D eigenvalue weighted by atomic mass is 9.79. The van der Waals surface area contributed by atoms with Crippen LogP contribution in [-0.2, 0) is 12.8 Å². The number of aryl methyl sites for hydroxylation is 1. The second-order valence-corrected chi connectivity index (χ2v) is 7.13. The van der Waals surface area contributed by atoms with E-state index in [1.54, 1.807) is 5.56 Å². The van der Waals surface area contributed by atoms with Crippen LogP contribution in [0.4, 0.5) is 0 Å². The first-order valence-electron chi connectivity index (χ1n) is 8.05. The molecule has 0 radical (unpaired) electrons. The molecule has 0 bridgehead atoms. The molecule has 112 valence electrons. The molecule has 0 saturated heterocycles.